The summed E-state index contributed by atoms with van der Waals surface area (Å²) >= 11 is 0. The van der Waals surface area contributed by atoms with Crippen LogP contribution in [0.5, 0.6) is 0 Å². The minimum atomic E-state index is -0.410. The Bertz CT molecular complexity index is 552. The average Bonchev–Trinajstić information content (AvgIpc) is 2.45. The maximum absolute atomic E-state index is 11.5. The van der Waals surface area contributed by atoms with Gasteiger partial charge >= 0.3 is 0 Å². The van der Waals surface area contributed by atoms with Crippen molar-refractivity contribution in [2.45, 2.75) is 5.92 Å². The third kappa shape index (κ3) is 3.01. The molecule has 0 saturated heterocycles. The normalized spacial score (nSPS) is 12.1. The van der Waals surface area contributed by atoms with Crippen molar-refractivity contribution in [1.82, 2.24) is 0 Å². The zero-order chi connectivity index (χ0) is 13.7. The fraction of sp³-hybridized carbons (Fsp3) is 0.188. The first-order valence-corrected chi connectivity index (χ1v) is 6.16. The fourth-order valence-electron chi connectivity index (χ4n) is 2.24. The Morgan fingerprint density at radius 2 is 1.74 bits per heavy atom. The number of rotatable bonds is 5. The van der Waals surface area contributed by atoms with E-state index in [9.17, 15) is 4.79 Å². The summed E-state index contributed by atoms with van der Waals surface area (Å²) in [5.74, 6) is -0.400. The summed E-state index contributed by atoms with van der Waals surface area (Å²) in [5.41, 5.74) is 8.01. The molecule has 0 fully saturated rings. The highest BCUT2D eigenvalue weighted by Gasteiger charge is 2.19. The molecule has 2 N–H and O–H groups in total. The lowest BCUT2D eigenvalue weighted by Crippen LogP contribution is -2.18. The number of ether oxygens (including phenoxy) is 1. The van der Waals surface area contributed by atoms with Crippen LogP contribution in [0.15, 0.2) is 54.6 Å². The standard InChI is InChI=1S/C16H17NO2/c1-19-11-15(12-7-3-2-4-8-12)13-9-5-6-10-14(13)16(17)18/h2-10,15H,11H2,1H3,(H2,17,18)/t15-/m1/s1. The van der Waals surface area contributed by atoms with E-state index in [2.05, 4.69) is 0 Å². The van der Waals surface area contributed by atoms with Crippen LogP contribution in [0.4, 0.5) is 0 Å². The lowest BCUT2D eigenvalue weighted by Gasteiger charge is -2.19. The van der Waals surface area contributed by atoms with Gasteiger partial charge in [-0.15, -0.1) is 0 Å². The minimum absolute atomic E-state index is 0.00917. The Morgan fingerprint density at radius 1 is 1.11 bits per heavy atom. The van der Waals surface area contributed by atoms with E-state index in [1.807, 2.05) is 48.5 Å². The molecule has 3 nitrogen and oxygen atoms in total. The molecule has 0 aliphatic heterocycles. The topological polar surface area (TPSA) is 52.3 Å². The van der Waals surface area contributed by atoms with E-state index in [1.54, 1.807) is 13.2 Å². The van der Waals surface area contributed by atoms with Gasteiger partial charge in [0.15, 0.2) is 0 Å². The van der Waals surface area contributed by atoms with Crippen LogP contribution in [0.2, 0.25) is 0 Å². The second-order valence-electron chi connectivity index (χ2n) is 4.37. The van der Waals surface area contributed by atoms with E-state index >= 15 is 0 Å². The number of amides is 1. The van der Waals surface area contributed by atoms with Crippen molar-refractivity contribution >= 4 is 5.91 Å². The van der Waals surface area contributed by atoms with Crippen molar-refractivity contribution in [2.24, 2.45) is 5.73 Å². The van der Waals surface area contributed by atoms with Crippen molar-refractivity contribution in [3.05, 3.63) is 71.3 Å². The van der Waals surface area contributed by atoms with Crippen molar-refractivity contribution in [3.8, 4) is 0 Å². The Kier molecular flexibility index (Phi) is 4.31. The Morgan fingerprint density at radius 3 is 2.37 bits per heavy atom. The summed E-state index contributed by atoms with van der Waals surface area (Å²) < 4.78 is 5.30. The van der Waals surface area contributed by atoms with Gasteiger partial charge in [-0.2, -0.15) is 0 Å². The Balaban J connectivity index is 2.48. The van der Waals surface area contributed by atoms with Crippen molar-refractivity contribution in [3.63, 3.8) is 0 Å². The number of primary amides is 1. The lowest BCUT2D eigenvalue weighted by molar-refractivity contribution is 0.0998. The summed E-state index contributed by atoms with van der Waals surface area (Å²) in [6.45, 7) is 0.508. The number of methoxy groups -OCH3 is 1. The van der Waals surface area contributed by atoms with E-state index in [0.717, 1.165) is 11.1 Å². The molecule has 0 bridgehead atoms. The number of hydrogen-bond donors (Lipinski definition) is 1. The van der Waals surface area contributed by atoms with Crippen LogP contribution in [0, 0.1) is 0 Å². The molecule has 0 unspecified atom stereocenters. The van der Waals surface area contributed by atoms with Gasteiger partial charge in [-0.25, -0.2) is 0 Å². The largest absolute Gasteiger partial charge is 0.384 e. The predicted molar refractivity (Wildman–Crippen MR) is 75.1 cm³/mol. The summed E-state index contributed by atoms with van der Waals surface area (Å²) in [4.78, 5) is 11.5. The Labute approximate surface area is 113 Å². The van der Waals surface area contributed by atoms with Crippen LogP contribution < -0.4 is 5.73 Å². The first-order valence-electron chi connectivity index (χ1n) is 6.16. The van der Waals surface area contributed by atoms with Crippen LogP contribution in [0.1, 0.15) is 27.4 Å². The second kappa shape index (κ2) is 6.16. The Hall–Kier alpha value is -2.13. The van der Waals surface area contributed by atoms with Crippen LogP contribution in [-0.4, -0.2) is 19.6 Å². The number of carbonyl (C=O) groups is 1. The number of carbonyl (C=O) groups excluding carboxylic acids is 1. The van der Waals surface area contributed by atoms with E-state index in [0.29, 0.717) is 12.2 Å². The number of nitrogens with two attached hydrogens (primary N) is 1. The maximum Gasteiger partial charge on any atom is 0.249 e. The van der Waals surface area contributed by atoms with E-state index in [1.165, 1.54) is 0 Å². The number of benzene rings is 2. The SMILES string of the molecule is COC[C@H](c1ccccc1)c1ccccc1C(N)=O. The molecule has 98 valence electrons. The summed E-state index contributed by atoms with van der Waals surface area (Å²) in [6, 6.07) is 17.4. The van der Waals surface area contributed by atoms with Gasteiger partial charge in [-0.3, -0.25) is 4.79 Å². The molecule has 3 heteroatoms. The predicted octanol–water partition coefficient (Wildman–Crippen LogP) is 2.56. The molecule has 0 spiro atoms. The first kappa shape index (κ1) is 13.3. The van der Waals surface area contributed by atoms with Crippen LogP contribution in [0.25, 0.3) is 0 Å². The minimum Gasteiger partial charge on any atom is -0.384 e. The molecule has 0 aliphatic rings. The summed E-state index contributed by atoms with van der Waals surface area (Å²) in [7, 11) is 1.66. The first-order chi connectivity index (χ1) is 9.24. The van der Waals surface area contributed by atoms with Crippen molar-refractivity contribution in [1.29, 1.82) is 0 Å². The molecule has 1 amide bonds. The van der Waals surface area contributed by atoms with Gasteiger partial charge in [0.05, 0.1) is 6.61 Å². The van der Waals surface area contributed by atoms with E-state index < -0.39 is 5.91 Å². The van der Waals surface area contributed by atoms with Gasteiger partial charge < -0.3 is 10.5 Å². The van der Waals surface area contributed by atoms with Gasteiger partial charge in [-0.05, 0) is 17.2 Å². The third-order valence-electron chi connectivity index (χ3n) is 3.14. The highest BCUT2D eigenvalue weighted by atomic mass is 16.5. The van der Waals surface area contributed by atoms with Crippen LogP contribution in [-0.2, 0) is 4.74 Å². The molecule has 0 saturated carbocycles. The van der Waals surface area contributed by atoms with Crippen LogP contribution >= 0.6 is 0 Å². The lowest BCUT2D eigenvalue weighted by atomic mass is 9.88. The van der Waals surface area contributed by atoms with Gasteiger partial charge in [-0.1, -0.05) is 48.5 Å². The molecule has 2 aromatic rings. The molecule has 1 atom stereocenters. The molecule has 2 rings (SSSR count). The smallest absolute Gasteiger partial charge is 0.249 e. The highest BCUT2D eigenvalue weighted by Crippen LogP contribution is 2.27. The monoisotopic (exact) mass is 255 g/mol. The third-order valence-corrected chi connectivity index (χ3v) is 3.14. The molecule has 19 heavy (non-hydrogen) atoms. The number of hydrogen-bond acceptors (Lipinski definition) is 2. The van der Waals surface area contributed by atoms with E-state index in [4.69, 9.17) is 10.5 Å². The zero-order valence-corrected chi connectivity index (χ0v) is 10.9. The van der Waals surface area contributed by atoms with Gasteiger partial charge in [0, 0.05) is 18.6 Å². The second-order valence-corrected chi connectivity index (χ2v) is 4.37. The van der Waals surface area contributed by atoms with Gasteiger partial charge in [0.2, 0.25) is 5.91 Å². The average molecular weight is 255 g/mol. The molecule has 0 radical (unpaired) electrons. The molecular formula is C16H17NO2. The van der Waals surface area contributed by atoms with Crippen molar-refractivity contribution < 1.29 is 9.53 Å². The van der Waals surface area contributed by atoms with Gasteiger partial charge in [0.1, 0.15) is 0 Å². The molecule has 0 aliphatic carbocycles. The molecule has 0 aromatic heterocycles. The van der Waals surface area contributed by atoms with Crippen LogP contribution in [0.3, 0.4) is 0 Å². The zero-order valence-electron chi connectivity index (χ0n) is 10.9. The van der Waals surface area contributed by atoms with Crippen molar-refractivity contribution in [2.75, 3.05) is 13.7 Å². The summed E-state index contributed by atoms with van der Waals surface area (Å²) in [6.07, 6.45) is 0. The quantitative estimate of drug-likeness (QED) is 0.892. The van der Waals surface area contributed by atoms with Gasteiger partial charge in [0.25, 0.3) is 0 Å². The highest BCUT2D eigenvalue weighted by molar-refractivity contribution is 5.94. The maximum atomic E-state index is 11.5. The summed E-state index contributed by atoms with van der Waals surface area (Å²) in [5, 5.41) is 0. The molecule has 0 heterocycles. The molecular weight excluding hydrogens is 238 g/mol. The molecule has 2 aromatic carbocycles. The van der Waals surface area contributed by atoms with E-state index in [-0.39, 0.29) is 5.92 Å². The fourth-order valence-corrected chi connectivity index (χ4v) is 2.24.